The first-order valence-electron chi connectivity index (χ1n) is 4.73. The number of methoxy groups -OCH3 is 1. The van der Waals surface area contributed by atoms with Gasteiger partial charge < -0.3 is 9.84 Å². The average Bonchev–Trinajstić information content (AvgIpc) is 2.77. The van der Waals surface area contributed by atoms with Crippen molar-refractivity contribution in [2.75, 3.05) is 7.11 Å². The molecule has 2 aromatic rings. The van der Waals surface area contributed by atoms with E-state index >= 15 is 0 Å². The van der Waals surface area contributed by atoms with Gasteiger partial charge in [0, 0.05) is 6.07 Å². The molecular weight excluding hydrogens is 227 g/mol. The van der Waals surface area contributed by atoms with Gasteiger partial charge in [0.05, 0.1) is 25.3 Å². The molecule has 17 heavy (non-hydrogen) atoms. The summed E-state index contributed by atoms with van der Waals surface area (Å²) in [5.41, 5.74) is 0.233. The molecule has 0 aliphatic heterocycles. The molecule has 5 nitrogen and oxygen atoms in total. The molecule has 0 radical (unpaired) electrons. The molecule has 1 heterocycles. The van der Waals surface area contributed by atoms with Gasteiger partial charge in [-0.2, -0.15) is 0 Å². The maximum atomic E-state index is 13.2. The molecule has 0 amide bonds. The molecule has 1 N–H and O–H groups in total. The highest BCUT2D eigenvalue weighted by atomic mass is 19.1. The summed E-state index contributed by atoms with van der Waals surface area (Å²) in [6, 6.07) is 3.85. The van der Waals surface area contributed by atoms with Crippen molar-refractivity contribution in [3.05, 3.63) is 42.2 Å². The standard InChI is InChI=1S/C11H9FN2O3/c1-17-10-3-2-7(12)4-8(10)14-6-13-5-9(14)11(15)16/h2-6H,1H3,(H,15,16). The second-order valence-corrected chi connectivity index (χ2v) is 3.27. The zero-order chi connectivity index (χ0) is 12.4. The number of hydrogen-bond acceptors (Lipinski definition) is 3. The van der Waals surface area contributed by atoms with Gasteiger partial charge in [0.2, 0.25) is 0 Å². The fourth-order valence-electron chi connectivity index (χ4n) is 1.50. The normalized spacial score (nSPS) is 10.2. The SMILES string of the molecule is COc1ccc(F)cc1-n1cncc1C(=O)O. The maximum Gasteiger partial charge on any atom is 0.354 e. The Kier molecular flexibility index (Phi) is 2.78. The third kappa shape index (κ3) is 1.96. The van der Waals surface area contributed by atoms with Gasteiger partial charge in [-0.05, 0) is 12.1 Å². The lowest BCUT2D eigenvalue weighted by Crippen LogP contribution is -2.07. The highest BCUT2D eigenvalue weighted by Crippen LogP contribution is 2.24. The third-order valence-electron chi connectivity index (χ3n) is 2.26. The van der Waals surface area contributed by atoms with Crippen molar-refractivity contribution < 1.29 is 19.0 Å². The number of aromatic nitrogens is 2. The number of benzene rings is 1. The van der Waals surface area contributed by atoms with Crippen molar-refractivity contribution in [3.63, 3.8) is 0 Å². The minimum absolute atomic E-state index is 0.0612. The second kappa shape index (κ2) is 4.25. The lowest BCUT2D eigenvalue weighted by atomic mass is 10.2. The molecule has 0 fully saturated rings. The van der Waals surface area contributed by atoms with Crippen molar-refractivity contribution in [1.29, 1.82) is 0 Å². The number of carboxylic acids is 1. The molecule has 2 rings (SSSR count). The van der Waals surface area contributed by atoms with Gasteiger partial charge in [-0.25, -0.2) is 14.2 Å². The first-order chi connectivity index (χ1) is 8.13. The van der Waals surface area contributed by atoms with Crippen LogP contribution in [0.5, 0.6) is 5.75 Å². The highest BCUT2D eigenvalue weighted by Gasteiger charge is 2.15. The van der Waals surface area contributed by atoms with Crippen molar-refractivity contribution >= 4 is 5.97 Å². The third-order valence-corrected chi connectivity index (χ3v) is 2.26. The van der Waals surface area contributed by atoms with E-state index < -0.39 is 11.8 Å². The quantitative estimate of drug-likeness (QED) is 0.881. The number of halogens is 1. The van der Waals surface area contributed by atoms with Crippen LogP contribution in [0.3, 0.4) is 0 Å². The Morgan fingerprint density at radius 1 is 1.53 bits per heavy atom. The van der Waals surface area contributed by atoms with Crippen LogP contribution in [0.2, 0.25) is 0 Å². The van der Waals surface area contributed by atoms with Crippen molar-refractivity contribution in [2.45, 2.75) is 0 Å². The van der Waals surface area contributed by atoms with Gasteiger partial charge in [-0.3, -0.25) is 4.57 Å². The molecule has 0 saturated carbocycles. The molecule has 0 aliphatic carbocycles. The first kappa shape index (κ1) is 11.1. The zero-order valence-corrected chi connectivity index (χ0v) is 8.92. The number of ether oxygens (including phenoxy) is 1. The molecule has 0 bridgehead atoms. The number of carbonyl (C=O) groups is 1. The fraction of sp³-hybridized carbons (Fsp3) is 0.0909. The van der Waals surface area contributed by atoms with Crippen molar-refractivity contribution in [2.24, 2.45) is 0 Å². The Balaban J connectivity index is 2.63. The number of nitrogens with zero attached hydrogens (tertiary/aromatic N) is 2. The molecular formula is C11H9FN2O3. The molecule has 1 aromatic heterocycles. The van der Waals surface area contributed by atoms with Crippen LogP contribution < -0.4 is 4.74 Å². The summed E-state index contributed by atoms with van der Waals surface area (Å²) >= 11 is 0. The Bertz CT molecular complexity index is 566. The predicted molar refractivity (Wildman–Crippen MR) is 57.0 cm³/mol. The van der Waals surface area contributed by atoms with E-state index in [4.69, 9.17) is 9.84 Å². The van der Waals surface area contributed by atoms with Crippen LogP contribution in [-0.2, 0) is 0 Å². The number of carboxylic acid groups (broad SMARTS) is 1. The van der Waals surface area contributed by atoms with Gasteiger partial charge in [-0.1, -0.05) is 0 Å². The molecule has 1 aromatic carbocycles. The fourth-order valence-corrected chi connectivity index (χ4v) is 1.50. The molecule has 0 saturated heterocycles. The van der Waals surface area contributed by atoms with E-state index in [1.165, 1.54) is 42.4 Å². The highest BCUT2D eigenvalue weighted by molar-refractivity contribution is 5.86. The van der Waals surface area contributed by atoms with Crippen LogP contribution in [0.25, 0.3) is 5.69 Å². The lowest BCUT2D eigenvalue weighted by Gasteiger charge is -2.10. The van der Waals surface area contributed by atoms with Crippen LogP contribution in [0.15, 0.2) is 30.7 Å². The van der Waals surface area contributed by atoms with Gasteiger partial charge in [0.15, 0.2) is 5.69 Å². The van der Waals surface area contributed by atoms with Crippen LogP contribution in [0.1, 0.15) is 10.5 Å². The minimum atomic E-state index is -1.14. The summed E-state index contributed by atoms with van der Waals surface area (Å²) in [5.74, 6) is -1.26. The summed E-state index contributed by atoms with van der Waals surface area (Å²) < 4.78 is 19.5. The van der Waals surface area contributed by atoms with Gasteiger partial charge >= 0.3 is 5.97 Å². The predicted octanol–water partition coefficient (Wildman–Crippen LogP) is 1.72. The lowest BCUT2D eigenvalue weighted by molar-refractivity contribution is 0.0688. The van der Waals surface area contributed by atoms with E-state index in [1.807, 2.05) is 0 Å². The number of aromatic carboxylic acids is 1. The van der Waals surface area contributed by atoms with Crippen molar-refractivity contribution in [1.82, 2.24) is 9.55 Å². The Labute approximate surface area is 96.1 Å². The Hall–Kier alpha value is -2.37. The second-order valence-electron chi connectivity index (χ2n) is 3.27. The van der Waals surface area contributed by atoms with E-state index in [0.717, 1.165) is 0 Å². The monoisotopic (exact) mass is 236 g/mol. The smallest absolute Gasteiger partial charge is 0.354 e. The molecule has 0 spiro atoms. The van der Waals surface area contributed by atoms with Gasteiger partial charge in [-0.15, -0.1) is 0 Å². The summed E-state index contributed by atoms with van der Waals surface area (Å²) in [4.78, 5) is 14.7. The van der Waals surface area contributed by atoms with Crippen LogP contribution in [0.4, 0.5) is 4.39 Å². The topological polar surface area (TPSA) is 64.4 Å². The largest absolute Gasteiger partial charge is 0.495 e. The van der Waals surface area contributed by atoms with E-state index in [1.54, 1.807) is 0 Å². The van der Waals surface area contributed by atoms with Crippen LogP contribution in [0, 0.1) is 5.82 Å². The van der Waals surface area contributed by atoms with E-state index in [-0.39, 0.29) is 5.69 Å². The van der Waals surface area contributed by atoms with Crippen LogP contribution in [-0.4, -0.2) is 27.7 Å². The number of hydrogen-bond donors (Lipinski definition) is 1. The molecule has 6 heteroatoms. The van der Waals surface area contributed by atoms with E-state index in [2.05, 4.69) is 4.98 Å². The molecule has 88 valence electrons. The zero-order valence-electron chi connectivity index (χ0n) is 8.92. The molecule has 0 aliphatic rings. The van der Waals surface area contributed by atoms with E-state index in [9.17, 15) is 9.18 Å². The summed E-state index contributed by atoms with van der Waals surface area (Å²) in [7, 11) is 1.42. The van der Waals surface area contributed by atoms with Crippen LogP contribution >= 0.6 is 0 Å². The summed E-state index contributed by atoms with van der Waals surface area (Å²) in [5, 5.41) is 8.95. The summed E-state index contributed by atoms with van der Waals surface area (Å²) in [6.07, 6.45) is 2.48. The van der Waals surface area contributed by atoms with E-state index in [0.29, 0.717) is 11.4 Å². The number of rotatable bonds is 3. The minimum Gasteiger partial charge on any atom is -0.495 e. The number of imidazole rings is 1. The first-order valence-corrected chi connectivity index (χ1v) is 4.73. The summed E-state index contributed by atoms with van der Waals surface area (Å²) in [6.45, 7) is 0. The Morgan fingerprint density at radius 3 is 2.94 bits per heavy atom. The molecule has 0 atom stereocenters. The van der Waals surface area contributed by atoms with Gasteiger partial charge in [0.25, 0.3) is 0 Å². The maximum absolute atomic E-state index is 13.2. The Morgan fingerprint density at radius 2 is 2.29 bits per heavy atom. The van der Waals surface area contributed by atoms with Gasteiger partial charge in [0.1, 0.15) is 11.6 Å². The average molecular weight is 236 g/mol. The van der Waals surface area contributed by atoms with Crippen molar-refractivity contribution in [3.8, 4) is 11.4 Å². The molecule has 0 unspecified atom stereocenters.